The van der Waals surface area contributed by atoms with Crippen molar-refractivity contribution in [2.45, 2.75) is 44.2 Å². The van der Waals surface area contributed by atoms with E-state index in [0.717, 1.165) is 0 Å². The number of hydrogen-bond donors (Lipinski definition) is 5. The molecule has 0 saturated carbocycles. The molecule has 0 radical (unpaired) electrons. The van der Waals surface area contributed by atoms with Crippen molar-refractivity contribution in [3.8, 4) is 11.1 Å². The van der Waals surface area contributed by atoms with E-state index >= 15 is 0 Å². The molecule has 190 valence electrons. The van der Waals surface area contributed by atoms with Crippen molar-refractivity contribution in [1.29, 1.82) is 0 Å². The molecular weight excluding hydrogens is 478 g/mol. The van der Waals surface area contributed by atoms with Gasteiger partial charge in [-0.3, -0.25) is 4.79 Å². The van der Waals surface area contributed by atoms with Crippen LogP contribution in [0.4, 0.5) is 11.4 Å². The molecule has 3 aromatic carbocycles. The Kier molecular flexibility index (Phi) is 8.01. The van der Waals surface area contributed by atoms with Crippen LogP contribution in [0.15, 0.2) is 82.8 Å². The number of rotatable bonds is 8. The lowest BCUT2D eigenvalue weighted by atomic mass is 10.1. The summed E-state index contributed by atoms with van der Waals surface area (Å²) in [5.74, 6) is -0.297. The first-order chi connectivity index (χ1) is 16.9. The van der Waals surface area contributed by atoms with Gasteiger partial charge in [0.2, 0.25) is 15.9 Å². The highest BCUT2D eigenvalue weighted by atomic mass is 32.2. The number of oxime groups is 1. The standard InChI is InChI=1S/C26H31N5O4S/c1-17(28-21-9-7-8-19(16-21)24(27)30-33)25(32)29-20-14-12-18(13-15-20)22-10-5-6-11-23(22)36(34,35)31-26(2,3)4/h5-17,28,31,33H,1-4H3,(H2,27,30)(H,29,32)/t17-/m1/s1. The summed E-state index contributed by atoms with van der Waals surface area (Å²) in [6.07, 6.45) is 0. The smallest absolute Gasteiger partial charge is 0.246 e. The minimum Gasteiger partial charge on any atom is -0.409 e. The molecule has 10 heteroatoms. The van der Waals surface area contributed by atoms with Gasteiger partial charge in [0.15, 0.2) is 5.84 Å². The number of benzene rings is 3. The number of amidine groups is 1. The van der Waals surface area contributed by atoms with E-state index in [2.05, 4.69) is 20.5 Å². The zero-order valence-electron chi connectivity index (χ0n) is 20.6. The van der Waals surface area contributed by atoms with Crippen LogP contribution in [-0.2, 0) is 14.8 Å². The number of carbonyl (C=O) groups excluding carboxylic acids is 1. The van der Waals surface area contributed by atoms with Gasteiger partial charge in [0.25, 0.3) is 0 Å². The van der Waals surface area contributed by atoms with Crippen molar-refractivity contribution < 1.29 is 18.4 Å². The van der Waals surface area contributed by atoms with Crippen molar-refractivity contribution in [3.05, 3.63) is 78.4 Å². The van der Waals surface area contributed by atoms with E-state index in [1.54, 1.807) is 100 Å². The summed E-state index contributed by atoms with van der Waals surface area (Å²) in [6, 6.07) is 20.0. The van der Waals surface area contributed by atoms with E-state index in [-0.39, 0.29) is 16.6 Å². The molecule has 0 bridgehead atoms. The van der Waals surface area contributed by atoms with Crippen molar-refractivity contribution in [3.63, 3.8) is 0 Å². The van der Waals surface area contributed by atoms with Gasteiger partial charge in [-0.15, -0.1) is 0 Å². The number of sulfonamides is 1. The van der Waals surface area contributed by atoms with E-state index in [0.29, 0.717) is 28.1 Å². The first-order valence-electron chi connectivity index (χ1n) is 11.3. The highest BCUT2D eigenvalue weighted by Crippen LogP contribution is 2.29. The van der Waals surface area contributed by atoms with E-state index in [1.807, 2.05) is 0 Å². The van der Waals surface area contributed by atoms with E-state index in [4.69, 9.17) is 10.9 Å². The zero-order chi connectivity index (χ0) is 26.5. The van der Waals surface area contributed by atoms with E-state index in [9.17, 15) is 13.2 Å². The lowest BCUT2D eigenvalue weighted by Gasteiger charge is -2.21. The van der Waals surface area contributed by atoms with Gasteiger partial charge >= 0.3 is 0 Å². The fraction of sp³-hybridized carbons (Fsp3) is 0.231. The normalized spacial score (nSPS) is 13.2. The van der Waals surface area contributed by atoms with Crippen LogP contribution in [0.25, 0.3) is 11.1 Å². The molecule has 0 aliphatic carbocycles. The molecule has 3 rings (SSSR count). The monoisotopic (exact) mass is 509 g/mol. The largest absolute Gasteiger partial charge is 0.409 e. The first-order valence-corrected chi connectivity index (χ1v) is 12.8. The second-order valence-electron chi connectivity index (χ2n) is 9.35. The third kappa shape index (κ3) is 6.83. The highest BCUT2D eigenvalue weighted by Gasteiger charge is 2.24. The molecule has 0 spiro atoms. The SMILES string of the molecule is C[C@@H](Nc1cccc(C(N)=NO)c1)C(=O)Nc1ccc(-c2ccccc2S(=O)(=O)NC(C)(C)C)cc1. The van der Waals surface area contributed by atoms with Crippen LogP contribution < -0.4 is 21.1 Å². The first kappa shape index (κ1) is 26.7. The number of nitrogens with two attached hydrogens (primary N) is 1. The van der Waals surface area contributed by atoms with Crippen LogP contribution in [0.5, 0.6) is 0 Å². The Morgan fingerprint density at radius 2 is 1.64 bits per heavy atom. The van der Waals surface area contributed by atoms with Crippen molar-refractivity contribution in [2.24, 2.45) is 10.9 Å². The quantitative estimate of drug-likeness (QED) is 0.134. The Morgan fingerprint density at radius 3 is 2.28 bits per heavy atom. The predicted molar refractivity (Wildman–Crippen MR) is 143 cm³/mol. The maximum absolute atomic E-state index is 13.0. The molecule has 3 aromatic rings. The molecular formula is C26H31N5O4S. The van der Waals surface area contributed by atoms with Crippen molar-refractivity contribution in [2.75, 3.05) is 10.6 Å². The van der Waals surface area contributed by atoms with Crippen LogP contribution in [-0.4, -0.2) is 36.9 Å². The van der Waals surface area contributed by atoms with Crippen LogP contribution in [0.3, 0.4) is 0 Å². The maximum atomic E-state index is 13.0. The van der Waals surface area contributed by atoms with Crippen molar-refractivity contribution in [1.82, 2.24) is 4.72 Å². The number of anilines is 2. The summed E-state index contributed by atoms with van der Waals surface area (Å²) < 4.78 is 28.6. The Balaban J connectivity index is 1.73. The van der Waals surface area contributed by atoms with Gasteiger partial charge in [0, 0.05) is 28.0 Å². The zero-order valence-corrected chi connectivity index (χ0v) is 21.4. The van der Waals surface area contributed by atoms with Gasteiger partial charge in [0.05, 0.1) is 4.90 Å². The summed E-state index contributed by atoms with van der Waals surface area (Å²) in [5, 5.41) is 17.8. The summed E-state index contributed by atoms with van der Waals surface area (Å²) in [7, 11) is -3.73. The van der Waals surface area contributed by atoms with Crippen LogP contribution in [0.2, 0.25) is 0 Å². The molecule has 0 aliphatic heterocycles. The van der Waals surface area contributed by atoms with Crippen LogP contribution in [0, 0.1) is 0 Å². The Hall–Kier alpha value is -3.89. The molecule has 6 N–H and O–H groups in total. The van der Waals surface area contributed by atoms with Crippen LogP contribution >= 0.6 is 0 Å². The number of nitrogens with zero attached hydrogens (tertiary/aromatic N) is 1. The Bertz CT molecular complexity index is 1360. The minimum absolute atomic E-state index is 0.0283. The van der Waals surface area contributed by atoms with Gasteiger partial charge in [0.1, 0.15) is 6.04 Å². The van der Waals surface area contributed by atoms with Gasteiger partial charge < -0.3 is 21.6 Å². The minimum atomic E-state index is -3.73. The van der Waals surface area contributed by atoms with Gasteiger partial charge in [-0.2, -0.15) is 0 Å². The van der Waals surface area contributed by atoms with Crippen LogP contribution in [0.1, 0.15) is 33.3 Å². The fourth-order valence-corrected chi connectivity index (χ4v) is 5.17. The van der Waals surface area contributed by atoms with E-state index < -0.39 is 21.6 Å². The number of nitrogens with one attached hydrogen (secondary N) is 3. The Morgan fingerprint density at radius 1 is 0.972 bits per heavy atom. The average Bonchev–Trinajstić information content (AvgIpc) is 2.82. The van der Waals surface area contributed by atoms with E-state index in [1.165, 1.54) is 0 Å². The molecule has 0 aliphatic rings. The number of hydrogen-bond acceptors (Lipinski definition) is 6. The number of amides is 1. The average molecular weight is 510 g/mol. The highest BCUT2D eigenvalue weighted by molar-refractivity contribution is 7.89. The second-order valence-corrected chi connectivity index (χ2v) is 11.0. The Labute approximate surface area is 211 Å². The molecule has 0 unspecified atom stereocenters. The third-order valence-corrected chi connectivity index (χ3v) is 6.94. The second kappa shape index (κ2) is 10.8. The van der Waals surface area contributed by atoms with Crippen molar-refractivity contribution >= 4 is 33.1 Å². The molecule has 1 amide bonds. The maximum Gasteiger partial charge on any atom is 0.246 e. The lowest BCUT2D eigenvalue weighted by Crippen LogP contribution is -2.40. The lowest BCUT2D eigenvalue weighted by molar-refractivity contribution is -0.116. The molecule has 1 atom stereocenters. The summed E-state index contributed by atoms with van der Waals surface area (Å²) in [4.78, 5) is 12.9. The number of carbonyl (C=O) groups is 1. The summed E-state index contributed by atoms with van der Waals surface area (Å²) in [5.41, 5.74) is 7.99. The van der Waals surface area contributed by atoms with Gasteiger partial charge in [-0.1, -0.05) is 47.6 Å². The molecule has 36 heavy (non-hydrogen) atoms. The summed E-state index contributed by atoms with van der Waals surface area (Å²) >= 11 is 0. The predicted octanol–water partition coefficient (Wildman–Crippen LogP) is 3.96. The molecule has 9 nitrogen and oxygen atoms in total. The molecule has 0 aromatic heterocycles. The molecule has 0 fully saturated rings. The van der Waals surface area contributed by atoms with Gasteiger partial charge in [-0.05, 0) is 63.6 Å². The molecule has 0 saturated heterocycles. The molecule has 0 heterocycles. The third-order valence-electron chi connectivity index (χ3n) is 5.12. The van der Waals surface area contributed by atoms with Gasteiger partial charge in [-0.25, -0.2) is 13.1 Å². The fourth-order valence-electron chi connectivity index (χ4n) is 3.52. The summed E-state index contributed by atoms with van der Waals surface area (Å²) in [6.45, 7) is 7.07. The topological polar surface area (TPSA) is 146 Å².